The Kier molecular flexibility index (Phi) is 19.3. The third-order valence-corrected chi connectivity index (χ3v) is 9.97. The standard InChI is InChI=1S/C35H54N5O10P.CH4O/c1-25(2)40(26(3)4)51(48-20-19-46-18-17-45-16-15-44-14-13-42-6)50-32-27(5)49-35(33(32)43-7)39-24-38-31-30(36-23-37-34(31)39)21-28(41)22-47-29-11-9-8-10-12-29;1-2/h8-12,23-27,32-33,35H,13-22H2,1-7H3;2H,1H3/i5D;2T. The normalized spacial score (nSPS) is 19.7. The van der Waals surface area contributed by atoms with E-state index in [1.165, 1.54) is 13.4 Å². The van der Waals surface area contributed by atoms with Gasteiger partial charge in [-0.2, -0.15) is 0 Å². The molecule has 0 amide bonds. The van der Waals surface area contributed by atoms with Crippen LogP contribution in [0.15, 0.2) is 43.0 Å². The largest absolute Gasteiger partial charge is 0.486 e. The van der Waals surface area contributed by atoms with Gasteiger partial charge in [0.1, 0.15) is 36.4 Å². The van der Waals surface area contributed by atoms with Crippen molar-refractivity contribution < 1.29 is 53.5 Å². The predicted octanol–water partition coefficient (Wildman–Crippen LogP) is 4.00. The molecule has 0 spiro atoms. The third kappa shape index (κ3) is 13.8. The molecule has 1 N–H and O–H groups in total. The fourth-order valence-corrected chi connectivity index (χ4v) is 7.28. The van der Waals surface area contributed by atoms with Crippen LogP contribution in [0.2, 0.25) is 0 Å². The number of methoxy groups -OCH3 is 2. The molecule has 2 aromatic heterocycles. The molecule has 5 atom stereocenters. The predicted molar refractivity (Wildman–Crippen MR) is 199 cm³/mol. The maximum absolute atomic E-state index is 12.8. The van der Waals surface area contributed by atoms with Gasteiger partial charge in [-0.3, -0.25) is 9.36 Å². The molecule has 4 rings (SSSR count). The number of fused-ring (bicyclic) bond motifs is 1. The molecule has 1 fully saturated rings. The fraction of sp³-hybridized carbons (Fsp3) is 0.667. The highest BCUT2D eigenvalue weighted by Gasteiger charge is 2.48. The number of carbonyl (C=O) groups is 1. The molecule has 1 saturated heterocycles. The van der Waals surface area contributed by atoms with E-state index in [2.05, 4.69) is 52.4 Å². The van der Waals surface area contributed by atoms with E-state index in [-0.39, 0.29) is 37.8 Å². The van der Waals surface area contributed by atoms with Crippen LogP contribution < -0.4 is 4.74 Å². The summed E-state index contributed by atoms with van der Waals surface area (Å²) in [6.07, 6.45) is 0.392. The summed E-state index contributed by atoms with van der Waals surface area (Å²) in [6.45, 7) is 11.8. The van der Waals surface area contributed by atoms with Gasteiger partial charge in [0.05, 0.1) is 77.4 Å². The van der Waals surface area contributed by atoms with Crippen molar-refractivity contribution in [1.82, 2.24) is 24.2 Å². The fourth-order valence-electron chi connectivity index (χ4n) is 5.53. The average Bonchev–Trinajstić information content (AvgIpc) is 3.76. The van der Waals surface area contributed by atoms with Crippen molar-refractivity contribution in [2.45, 2.75) is 77.6 Å². The topological polar surface area (TPSA) is 167 Å². The molecule has 0 radical (unpaired) electrons. The van der Waals surface area contributed by atoms with Gasteiger partial charge in [0.15, 0.2) is 17.7 Å². The molecular formula is C36H58N5O11P. The number of hydrogen-bond donors (Lipinski definition) is 1. The van der Waals surface area contributed by atoms with Gasteiger partial charge in [0.25, 0.3) is 8.53 Å². The molecule has 0 aliphatic carbocycles. The van der Waals surface area contributed by atoms with Crippen LogP contribution in [0.3, 0.4) is 0 Å². The molecule has 3 aromatic rings. The number of hydrogen-bond acceptors (Lipinski definition) is 15. The van der Waals surface area contributed by atoms with Crippen molar-refractivity contribution in [2.24, 2.45) is 0 Å². The van der Waals surface area contributed by atoms with Crippen molar-refractivity contribution in [3.05, 3.63) is 48.7 Å². The molecular weight excluding hydrogens is 709 g/mol. The number of aliphatic hydroxyl groups excluding tert-OH is 1. The molecule has 3 heterocycles. The minimum absolute atomic E-state index is 0.0199. The van der Waals surface area contributed by atoms with E-state index in [0.717, 1.165) is 0 Å². The van der Waals surface area contributed by atoms with Crippen LogP contribution in [0.5, 0.6) is 5.75 Å². The highest BCUT2D eigenvalue weighted by Crippen LogP contribution is 2.50. The van der Waals surface area contributed by atoms with Crippen molar-refractivity contribution >= 4 is 25.5 Å². The zero-order chi connectivity index (χ0) is 40.0. The van der Waals surface area contributed by atoms with Crippen molar-refractivity contribution in [2.75, 3.05) is 80.8 Å². The Morgan fingerprint density at radius 3 is 2.23 bits per heavy atom. The molecule has 53 heavy (non-hydrogen) atoms. The number of aromatic nitrogens is 4. The first-order chi connectivity index (χ1) is 26.7. The number of rotatable bonds is 25. The number of carbonyl (C=O) groups excluding carboxylic acids is 1. The van der Waals surface area contributed by atoms with Crippen LogP contribution in [0, 0.1) is 0 Å². The van der Waals surface area contributed by atoms with E-state index >= 15 is 0 Å². The molecule has 16 nitrogen and oxygen atoms in total. The number of aliphatic hydroxyl groups is 1. The maximum Gasteiger partial charge on any atom is 0.259 e. The molecule has 0 bridgehead atoms. The Labute approximate surface area is 317 Å². The molecule has 5 unspecified atom stereocenters. The lowest BCUT2D eigenvalue weighted by Gasteiger charge is -2.38. The van der Waals surface area contributed by atoms with Gasteiger partial charge in [-0.25, -0.2) is 19.6 Å². The first-order valence-electron chi connectivity index (χ1n) is 18.7. The second kappa shape index (κ2) is 24.6. The molecule has 1 aliphatic heterocycles. The van der Waals surface area contributed by atoms with Crippen LogP contribution in [0.25, 0.3) is 11.2 Å². The highest BCUT2D eigenvalue weighted by atomic mass is 31.2. The average molecular weight is 771 g/mol. The van der Waals surface area contributed by atoms with E-state index in [9.17, 15) is 4.79 Å². The molecule has 17 heteroatoms. The minimum Gasteiger partial charge on any atom is -0.486 e. The van der Waals surface area contributed by atoms with Crippen LogP contribution in [0.1, 0.15) is 47.9 Å². The van der Waals surface area contributed by atoms with Gasteiger partial charge in [-0.05, 0) is 46.7 Å². The maximum atomic E-state index is 12.8. The van der Waals surface area contributed by atoms with Crippen LogP contribution in [0.4, 0.5) is 0 Å². The summed E-state index contributed by atoms with van der Waals surface area (Å²) in [6, 6.07) is 9.37. The van der Waals surface area contributed by atoms with Gasteiger partial charge < -0.3 is 47.3 Å². The summed E-state index contributed by atoms with van der Waals surface area (Å²) in [4.78, 5) is 26.2. The lowest BCUT2D eigenvalue weighted by atomic mass is 10.1. The highest BCUT2D eigenvalue weighted by molar-refractivity contribution is 7.44. The third-order valence-electron chi connectivity index (χ3n) is 7.84. The van der Waals surface area contributed by atoms with Crippen molar-refractivity contribution in [3.8, 4) is 5.75 Å². The first-order valence-corrected chi connectivity index (χ1v) is 18.8. The minimum atomic E-state index is -1.61. The SMILES string of the molecule is [2H]CC1OC(n2cnc3c(CC(=O)COc4ccccc4)ncnc32)C(OC)C1OP(OCCOCCOCCOCCOC)N(C(C)C)C(C)C.[3H]OC. The first kappa shape index (κ1) is 41.4. The van der Waals surface area contributed by atoms with Crippen LogP contribution >= 0.6 is 8.53 Å². The monoisotopic (exact) mass is 770 g/mol. The number of imidazole rings is 1. The summed E-state index contributed by atoms with van der Waals surface area (Å²) in [5.41, 5.74) is 1.42. The second-order valence-corrected chi connectivity index (χ2v) is 13.7. The van der Waals surface area contributed by atoms with Crippen molar-refractivity contribution in [1.29, 1.82) is 1.43 Å². The van der Waals surface area contributed by atoms with E-state index in [4.69, 9.17) is 45.0 Å². The Balaban J connectivity index is 0.00000262. The number of Topliss-reactive ketones (excluding diaryl/α,β-unsaturated/α-hetero) is 1. The van der Waals surface area contributed by atoms with E-state index in [1.807, 2.05) is 18.2 Å². The van der Waals surface area contributed by atoms with Gasteiger partial charge in [0.2, 0.25) is 1.43 Å². The summed E-state index contributed by atoms with van der Waals surface area (Å²) < 4.78 is 70.8. The van der Waals surface area contributed by atoms with Gasteiger partial charge in [-0.1, -0.05) is 18.2 Å². The molecule has 0 saturated carbocycles. The van der Waals surface area contributed by atoms with Crippen LogP contribution in [-0.2, 0) is 48.7 Å². The Hall–Kier alpha value is -2.73. The lowest BCUT2D eigenvalue weighted by molar-refractivity contribution is -0.120. The van der Waals surface area contributed by atoms with Gasteiger partial charge in [-0.15, -0.1) is 0 Å². The Morgan fingerprint density at radius 1 is 0.981 bits per heavy atom. The number of ether oxygens (including phenoxy) is 7. The zero-order valence-corrected chi connectivity index (χ0v) is 32.9. The van der Waals surface area contributed by atoms with Gasteiger partial charge in [0, 0.05) is 34.8 Å². The van der Waals surface area contributed by atoms with Crippen molar-refractivity contribution in [3.63, 3.8) is 0 Å². The number of para-hydroxylation sites is 1. The zero-order valence-electron chi connectivity index (χ0n) is 34.0. The number of benzene rings is 1. The summed E-state index contributed by atoms with van der Waals surface area (Å²) in [7, 11) is 2.90. The van der Waals surface area contributed by atoms with E-state index in [1.54, 1.807) is 37.2 Å². The molecule has 298 valence electrons. The van der Waals surface area contributed by atoms with E-state index in [0.29, 0.717) is 75.5 Å². The quantitative estimate of drug-likeness (QED) is 0.0970. The number of ketones is 1. The number of nitrogens with zero attached hydrogens (tertiary/aromatic N) is 5. The Bertz CT molecular complexity index is 1470. The van der Waals surface area contributed by atoms with E-state index < -0.39 is 33.1 Å². The smallest absolute Gasteiger partial charge is 0.259 e. The summed E-state index contributed by atoms with van der Waals surface area (Å²) in [5, 5.41) is 3.50. The Morgan fingerprint density at radius 2 is 1.62 bits per heavy atom. The molecule has 1 aliphatic rings. The lowest BCUT2D eigenvalue weighted by Crippen LogP contribution is -2.39. The second-order valence-electron chi connectivity index (χ2n) is 12.3. The molecule has 1 aromatic carbocycles. The summed E-state index contributed by atoms with van der Waals surface area (Å²) in [5.74, 6) is 0.460. The van der Waals surface area contributed by atoms with Gasteiger partial charge >= 0.3 is 0 Å². The summed E-state index contributed by atoms with van der Waals surface area (Å²) >= 11 is 0. The van der Waals surface area contributed by atoms with Crippen LogP contribution in [-0.4, -0.2) is 148 Å².